The van der Waals surface area contributed by atoms with Crippen LogP contribution in [0.15, 0.2) is 24.3 Å². The van der Waals surface area contributed by atoms with Crippen LogP contribution in [-0.4, -0.2) is 14.8 Å². The van der Waals surface area contributed by atoms with E-state index in [2.05, 4.69) is 46.0 Å². The Balaban J connectivity index is 1.93. The number of hydrogen-bond acceptors (Lipinski definition) is 2. The molecule has 1 aliphatic carbocycles. The lowest BCUT2D eigenvalue weighted by Crippen LogP contribution is -2.13. The van der Waals surface area contributed by atoms with Crippen molar-refractivity contribution in [2.45, 2.75) is 45.4 Å². The maximum absolute atomic E-state index is 5.43. The van der Waals surface area contributed by atoms with Gasteiger partial charge in [-0.1, -0.05) is 50.3 Å². The lowest BCUT2D eigenvalue weighted by atomic mass is 9.87. The van der Waals surface area contributed by atoms with Crippen molar-refractivity contribution in [2.24, 2.45) is 5.92 Å². The first-order valence-electron chi connectivity index (χ1n) is 7.48. The Morgan fingerprint density at radius 1 is 1.25 bits per heavy atom. The molecule has 0 bridgehead atoms. The van der Waals surface area contributed by atoms with Gasteiger partial charge in [0.05, 0.1) is 5.69 Å². The van der Waals surface area contributed by atoms with Gasteiger partial charge < -0.3 is 0 Å². The normalized spacial score (nSPS) is 16.4. The zero-order chi connectivity index (χ0) is 13.9. The van der Waals surface area contributed by atoms with Crippen LogP contribution in [0.3, 0.4) is 0 Å². The minimum absolute atomic E-state index is 0.699. The molecular formula is C16H21N3S. The molecular weight excluding hydrogens is 266 g/mol. The number of benzene rings is 1. The SMILES string of the molecule is Cc1ccccc1-n1c(CC2CCCCC2)n[nH]c1=S. The molecule has 3 nitrogen and oxygen atoms in total. The van der Waals surface area contributed by atoms with Gasteiger partial charge in [0.1, 0.15) is 5.82 Å². The van der Waals surface area contributed by atoms with E-state index in [4.69, 9.17) is 12.2 Å². The second kappa shape index (κ2) is 5.92. The predicted molar refractivity (Wildman–Crippen MR) is 83.8 cm³/mol. The quantitative estimate of drug-likeness (QED) is 0.851. The summed E-state index contributed by atoms with van der Waals surface area (Å²) in [6.45, 7) is 2.12. The standard InChI is InChI=1S/C16H21N3S/c1-12-7-5-6-10-14(12)19-15(17-18-16(19)20)11-13-8-3-2-4-9-13/h5-7,10,13H,2-4,8-9,11H2,1H3,(H,18,20). The monoisotopic (exact) mass is 287 g/mol. The minimum Gasteiger partial charge on any atom is -0.272 e. The van der Waals surface area contributed by atoms with E-state index in [0.717, 1.165) is 23.9 Å². The molecule has 4 heteroatoms. The van der Waals surface area contributed by atoms with Gasteiger partial charge in [-0.05, 0) is 36.7 Å². The van der Waals surface area contributed by atoms with Crippen molar-refractivity contribution in [3.8, 4) is 5.69 Å². The Kier molecular flexibility index (Phi) is 4.01. The minimum atomic E-state index is 0.699. The fraction of sp³-hybridized carbons (Fsp3) is 0.500. The molecule has 0 spiro atoms. The molecule has 1 N–H and O–H groups in total. The van der Waals surface area contributed by atoms with Crippen molar-refractivity contribution in [2.75, 3.05) is 0 Å². The van der Waals surface area contributed by atoms with Gasteiger partial charge in [0.15, 0.2) is 4.77 Å². The van der Waals surface area contributed by atoms with E-state index >= 15 is 0 Å². The highest BCUT2D eigenvalue weighted by Gasteiger charge is 2.18. The molecule has 20 heavy (non-hydrogen) atoms. The van der Waals surface area contributed by atoms with Crippen LogP contribution in [-0.2, 0) is 6.42 Å². The summed E-state index contributed by atoms with van der Waals surface area (Å²) in [4.78, 5) is 0. The topological polar surface area (TPSA) is 33.6 Å². The van der Waals surface area contributed by atoms with E-state index in [9.17, 15) is 0 Å². The van der Waals surface area contributed by atoms with Crippen molar-refractivity contribution in [1.82, 2.24) is 14.8 Å². The third kappa shape index (κ3) is 2.70. The van der Waals surface area contributed by atoms with Gasteiger partial charge in [-0.2, -0.15) is 5.10 Å². The molecule has 106 valence electrons. The maximum Gasteiger partial charge on any atom is 0.199 e. The summed E-state index contributed by atoms with van der Waals surface area (Å²) in [6.07, 6.45) is 7.80. The van der Waals surface area contributed by atoms with Crippen LogP contribution in [0.1, 0.15) is 43.5 Å². The maximum atomic E-state index is 5.43. The largest absolute Gasteiger partial charge is 0.272 e. The molecule has 3 rings (SSSR count). The van der Waals surface area contributed by atoms with Crippen LogP contribution in [0.2, 0.25) is 0 Å². The molecule has 0 unspecified atom stereocenters. The third-order valence-electron chi connectivity index (χ3n) is 4.29. The predicted octanol–water partition coefficient (Wildman–Crippen LogP) is 4.36. The van der Waals surface area contributed by atoms with Crippen LogP contribution < -0.4 is 0 Å². The zero-order valence-corrected chi connectivity index (χ0v) is 12.7. The molecule has 1 fully saturated rings. The molecule has 1 aromatic heterocycles. The summed E-state index contributed by atoms with van der Waals surface area (Å²) in [5.74, 6) is 1.84. The molecule has 1 heterocycles. The fourth-order valence-corrected chi connectivity index (χ4v) is 3.43. The first kappa shape index (κ1) is 13.6. The molecule has 0 amide bonds. The molecule has 0 atom stereocenters. The first-order valence-corrected chi connectivity index (χ1v) is 7.89. The van der Waals surface area contributed by atoms with Crippen LogP contribution in [0.5, 0.6) is 0 Å². The first-order chi connectivity index (χ1) is 9.75. The van der Waals surface area contributed by atoms with Gasteiger partial charge in [-0.3, -0.25) is 9.67 Å². The summed E-state index contributed by atoms with van der Waals surface area (Å²) in [5.41, 5.74) is 2.38. The Bertz CT molecular complexity index is 635. The van der Waals surface area contributed by atoms with Crippen LogP contribution in [0, 0.1) is 17.6 Å². The Labute approximate surface area is 125 Å². The molecule has 1 aromatic carbocycles. The summed E-state index contributed by atoms with van der Waals surface area (Å²) in [5, 5.41) is 7.44. The van der Waals surface area contributed by atoms with E-state index in [1.165, 1.54) is 37.7 Å². The molecule has 0 aliphatic heterocycles. The van der Waals surface area contributed by atoms with Gasteiger partial charge in [-0.15, -0.1) is 0 Å². The Hall–Kier alpha value is -1.42. The van der Waals surface area contributed by atoms with E-state index in [0.29, 0.717) is 4.77 Å². The van der Waals surface area contributed by atoms with Crippen molar-refractivity contribution in [1.29, 1.82) is 0 Å². The van der Waals surface area contributed by atoms with Crippen LogP contribution >= 0.6 is 12.2 Å². The summed E-state index contributed by atoms with van der Waals surface area (Å²) < 4.78 is 2.81. The van der Waals surface area contributed by atoms with Crippen molar-refractivity contribution < 1.29 is 0 Å². The molecule has 2 aromatic rings. The average Bonchev–Trinajstić information content (AvgIpc) is 2.82. The van der Waals surface area contributed by atoms with Gasteiger partial charge in [0.25, 0.3) is 0 Å². The van der Waals surface area contributed by atoms with Crippen molar-refractivity contribution >= 4 is 12.2 Å². The van der Waals surface area contributed by atoms with Gasteiger partial charge in [-0.25, -0.2) is 0 Å². The van der Waals surface area contributed by atoms with Gasteiger partial charge >= 0.3 is 0 Å². The summed E-state index contributed by atoms with van der Waals surface area (Å²) in [6, 6.07) is 8.35. The third-order valence-corrected chi connectivity index (χ3v) is 4.57. The van der Waals surface area contributed by atoms with Gasteiger partial charge in [0, 0.05) is 6.42 Å². The highest BCUT2D eigenvalue weighted by Crippen LogP contribution is 2.27. The van der Waals surface area contributed by atoms with E-state index < -0.39 is 0 Å². The molecule has 1 aliphatic rings. The Morgan fingerprint density at radius 3 is 2.75 bits per heavy atom. The van der Waals surface area contributed by atoms with E-state index in [-0.39, 0.29) is 0 Å². The van der Waals surface area contributed by atoms with E-state index in [1.54, 1.807) is 0 Å². The highest BCUT2D eigenvalue weighted by atomic mass is 32.1. The zero-order valence-electron chi connectivity index (χ0n) is 11.9. The van der Waals surface area contributed by atoms with Crippen LogP contribution in [0.25, 0.3) is 5.69 Å². The number of aromatic nitrogens is 3. The number of para-hydroxylation sites is 1. The number of aryl methyl sites for hydroxylation is 1. The smallest absolute Gasteiger partial charge is 0.199 e. The second-order valence-corrected chi connectivity index (χ2v) is 6.16. The number of hydrogen-bond donors (Lipinski definition) is 1. The average molecular weight is 287 g/mol. The molecule has 1 saturated carbocycles. The number of nitrogens with zero attached hydrogens (tertiary/aromatic N) is 2. The van der Waals surface area contributed by atoms with Gasteiger partial charge in [0.2, 0.25) is 0 Å². The second-order valence-electron chi connectivity index (χ2n) is 5.78. The molecule has 0 radical (unpaired) electrons. The Morgan fingerprint density at radius 2 is 2.00 bits per heavy atom. The van der Waals surface area contributed by atoms with Crippen molar-refractivity contribution in [3.63, 3.8) is 0 Å². The number of aromatic amines is 1. The summed E-state index contributed by atoms with van der Waals surface area (Å²) >= 11 is 5.43. The highest BCUT2D eigenvalue weighted by molar-refractivity contribution is 7.71. The number of nitrogens with one attached hydrogen (secondary N) is 1. The lowest BCUT2D eigenvalue weighted by Gasteiger charge is -2.21. The van der Waals surface area contributed by atoms with Crippen LogP contribution in [0.4, 0.5) is 0 Å². The number of rotatable bonds is 3. The lowest BCUT2D eigenvalue weighted by molar-refractivity contribution is 0.350. The number of H-pyrrole nitrogens is 1. The fourth-order valence-electron chi connectivity index (χ4n) is 3.18. The van der Waals surface area contributed by atoms with Crippen molar-refractivity contribution in [3.05, 3.63) is 40.4 Å². The van der Waals surface area contributed by atoms with E-state index in [1.807, 2.05) is 0 Å². The molecule has 0 saturated heterocycles. The summed E-state index contributed by atoms with van der Waals surface area (Å²) in [7, 11) is 0.